The molecule has 0 fully saturated rings. The Kier molecular flexibility index (Phi) is 5.06. The van der Waals surface area contributed by atoms with Crippen molar-refractivity contribution in [2.75, 3.05) is 5.32 Å². The number of amides is 1. The molecule has 0 saturated carbocycles. The van der Waals surface area contributed by atoms with Crippen molar-refractivity contribution < 1.29 is 9.72 Å². The molecular weight excluding hydrogens is 322 g/mol. The molecule has 25 heavy (non-hydrogen) atoms. The van der Waals surface area contributed by atoms with Crippen molar-refractivity contribution in [1.82, 2.24) is 4.57 Å². The van der Waals surface area contributed by atoms with Gasteiger partial charge in [-0.3, -0.25) is 24.3 Å². The number of aromatic nitrogens is 1. The van der Waals surface area contributed by atoms with E-state index in [1.807, 2.05) is 32.9 Å². The molecule has 7 nitrogen and oxygen atoms in total. The Morgan fingerprint density at radius 3 is 2.24 bits per heavy atom. The summed E-state index contributed by atoms with van der Waals surface area (Å²) >= 11 is 0. The van der Waals surface area contributed by atoms with Crippen molar-refractivity contribution in [3.63, 3.8) is 0 Å². The third kappa shape index (κ3) is 3.60. The summed E-state index contributed by atoms with van der Waals surface area (Å²) in [6, 6.07) is 5.30. The Balaban J connectivity index is 2.41. The molecule has 0 aliphatic rings. The number of nitrogens with zero attached hydrogens (tertiary/aromatic N) is 2. The molecule has 1 atom stereocenters. The zero-order valence-electron chi connectivity index (χ0n) is 14.9. The van der Waals surface area contributed by atoms with Gasteiger partial charge in [0.15, 0.2) is 0 Å². The minimum Gasteiger partial charge on any atom is -0.324 e. The largest absolute Gasteiger partial charge is 0.324 e. The van der Waals surface area contributed by atoms with E-state index in [0.29, 0.717) is 5.69 Å². The van der Waals surface area contributed by atoms with E-state index in [4.69, 9.17) is 0 Å². The van der Waals surface area contributed by atoms with Crippen molar-refractivity contribution in [1.29, 1.82) is 0 Å². The van der Waals surface area contributed by atoms with E-state index in [9.17, 15) is 19.7 Å². The maximum absolute atomic E-state index is 12.6. The number of nitro groups is 1. The van der Waals surface area contributed by atoms with Crippen LogP contribution >= 0.6 is 0 Å². The van der Waals surface area contributed by atoms with Gasteiger partial charge < -0.3 is 5.32 Å². The van der Waals surface area contributed by atoms with Crippen molar-refractivity contribution in [2.45, 2.75) is 40.7 Å². The number of rotatable bonds is 4. The Morgan fingerprint density at radius 1 is 1.16 bits per heavy atom. The fraction of sp³-hybridized carbons (Fsp3) is 0.333. The molecule has 1 aromatic carbocycles. The van der Waals surface area contributed by atoms with Crippen molar-refractivity contribution in [3.05, 3.63) is 67.1 Å². The Bertz CT molecular complexity index is 892. The number of aryl methyl sites for hydroxylation is 3. The fourth-order valence-corrected chi connectivity index (χ4v) is 3.04. The molecule has 1 aromatic heterocycles. The number of benzene rings is 1. The van der Waals surface area contributed by atoms with Crippen LogP contribution in [0.15, 0.2) is 29.1 Å². The van der Waals surface area contributed by atoms with Crippen LogP contribution in [0.3, 0.4) is 0 Å². The van der Waals surface area contributed by atoms with Crippen LogP contribution < -0.4 is 10.9 Å². The van der Waals surface area contributed by atoms with Crippen molar-refractivity contribution in [3.8, 4) is 0 Å². The monoisotopic (exact) mass is 343 g/mol. The predicted molar refractivity (Wildman–Crippen MR) is 96.1 cm³/mol. The van der Waals surface area contributed by atoms with Gasteiger partial charge in [0.1, 0.15) is 6.04 Å². The number of anilines is 1. The minimum atomic E-state index is -0.882. The quantitative estimate of drug-likeness (QED) is 0.681. The fourth-order valence-electron chi connectivity index (χ4n) is 3.04. The van der Waals surface area contributed by atoms with Crippen LogP contribution in [-0.2, 0) is 4.79 Å². The van der Waals surface area contributed by atoms with Gasteiger partial charge in [-0.15, -0.1) is 0 Å². The second kappa shape index (κ2) is 6.88. The second-order valence-electron chi connectivity index (χ2n) is 6.21. The summed E-state index contributed by atoms with van der Waals surface area (Å²) in [5.74, 6) is -0.402. The lowest BCUT2D eigenvalue weighted by Gasteiger charge is -2.19. The van der Waals surface area contributed by atoms with Crippen LogP contribution in [-0.4, -0.2) is 15.4 Å². The van der Waals surface area contributed by atoms with Crippen molar-refractivity contribution in [2.24, 2.45) is 0 Å². The third-order valence-corrected chi connectivity index (χ3v) is 4.24. The van der Waals surface area contributed by atoms with E-state index in [1.54, 1.807) is 6.92 Å². The van der Waals surface area contributed by atoms with Gasteiger partial charge in [0.25, 0.3) is 11.2 Å². The molecule has 0 aliphatic heterocycles. The highest BCUT2D eigenvalue weighted by Crippen LogP contribution is 2.24. The maximum Gasteiger partial charge on any atom is 0.288 e. The van der Waals surface area contributed by atoms with E-state index in [0.717, 1.165) is 33.4 Å². The lowest BCUT2D eigenvalue weighted by atomic mass is 10.0. The molecule has 2 aromatic rings. The smallest absolute Gasteiger partial charge is 0.288 e. The molecule has 1 N–H and O–H groups in total. The Labute approximate surface area is 145 Å². The summed E-state index contributed by atoms with van der Waals surface area (Å²) in [5, 5.41) is 13.9. The van der Waals surface area contributed by atoms with Gasteiger partial charge in [-0.2, -0.15) is 0 Å². The number of carbonyl (C=O) groups is 1. The van der Waals surface area contributed by atoms with E-state index < -0.39 is 22.4 Å². The Hall–Kier alpha value is -2.96. The normalized spacial score (nSPS) is 11.9. The summed E-state index contributed by atoms with van der Waals surface area (Å²) in [6.07, 6.45) is 0. The molecule has 1 amide bonds. The standard InChI is InChI=1S/C18H21N3O4/c1-10-8-11(2)17(12(3)9-10)19-18(23)14(5)20-13(4)15(21(24)25)6-7-16(20)22/h6-9,14H,1-5H3,(H,19,23). The SMILES string of the molecule is Cc1cc(C)c(NC(=O)C(C)n2c(C)c([N+](=O)[O-])ccc2=O)c(C)c1. The van der Waals surface area contributed by atoms with E-state index in [2.05, 4.69) is 5.32 Å². The number of pyridine rings is 1. The van der Waals surface area contributed by atoms with Gasteiger partial charge in [-0.1, -0.05) is 17.7 Å². The average molecular weight is 343 g/mol. The third-order valence-electron chi connectivity index (χ3n) is 4.24. The summed E-state index contributed by atoms with van der Waals surface area (Å²) in [5.41, 5.74) is 3.12. The number of hydrogen-bond acceptors (Lipinski definition) is 4. The lowest BCUT2D eigenvalue weighted by Crippen LogP contribution is -2.33. The summed E-state index contributed by atoms with van der Waals surface area (Å²) in [4.78, 5) is 35.3. The zero-order valence-corrected chi connectivity index (χ0v) is 14.9. The first kappa shape index (κ1) is 18.4. The van der Waals surface area contributed by atoms with E-state index in [1.165, 1.54) is 6.92 Å². The molecule has 0 radical (unpaired) electrons. The lowest BCUT2D eigenvalue weighted by molar-refractivity contribution is -0.386. The highest BCUT2D eigenvalue weighted by molar-refractivity contribution is 5.95. The van der Waals surface area contributed by atoms with Crippen LogP contribution in [0, 0.1) is 37.8 Å². The number of nitrogens with one attached hydrogen (secondary N) is 1. The molecule has 1 heterocycles. The maximum atomic E-state index is 12.6. The van der Waals surface area contributed by atoms with Crippen LogP contribution in [0.5, 0.6) is 0 Å². The first-order valence-corrected chi connectivity index (χ1v) is 7.88. The highest BCUT2D eigenvalue weighted by Gasteiger charge is 2.23. The molecule has 0 saturated heterocycles. The van der Waals surface area contributed by atoms with E-state index in [-0.39, 0.29) is 11.4 Å². The van der Waals surface area contributed by atoms with Gasteiger partial charge in [-0.25, -0.2) is 0 Å². The number of carbonyl (C=O) groups excluding carboxylic acids is 1. The zero-order chi connectivity index (χ0) is 18.9. The van der Waals surface area contributed by atoms with Crippen LogP contribution in [0.4, 0.5) is 11.4 Å². The van der Waals surface area contributed by atoms with Crippen molar-refractivity contribution >= 4 is 17.3 Å². The minimum absolute atomic E-state index is 0.150. The molecule has 0 bridgehead atoms. The van der Waals surface area contributed by atoms with Crippen LogP contribution in [0.2, 0.25) is 0 Å². The molecule has 1 unspecified atom stereocenters. The average Bonchev–Trinajstić information content (AvgIpc) is 2.50. The first-order chi connectivity index (χ1) is 11.6. The molecule has 7 heteroatoms. The molecular formula is C18H21N3O4. The first-order valence-electron chi connectivity index (χ1n) is 7.88. The van der Waals surface area contributed by atoms with Crippen LogP contribution in [0.25, 0.3) is 0 Å². The van der Waals surface area contributed by atoms with Gasteiger partial charge >= 0.3 is 0 Å². The summed E-state index contributed by atoms with van der Waals surface area (Å²) < 4.78 is 1.15. The van der Waals surface area contributed by atoms with Crippen LogP contribution in [0.1, 0.15) is 35.3 Å². The number of hydrogen-bond donors (Lipinski definition) is 1. The highest BCUT2D eigenvalue weighted by atomic mass is 16.6. The predicted octanol–water partition coefficient (Wildman–Crippen LogP) is 3.19. The summed E-state index contributed by atoms with van der Waals surface area (Å²) in [6.45, 7) is 8.77. The Morgan fingerprint density at radius 2 is 1.72 bits per heavy atom. The van der Waals surface area contributed by atoms with Gasteiger partial charge in [0.05, 0.1) is 10.6 Å². The van der Waals surface area contributed by atoms with Gasteiger partial charge in [-0.05, 0) is 45.7 Å². The second-order valence-corrected chi connectivity index (χ2v) is 6.21. The molecule has 0 spiro atoms. The molecule has 2 rings (SSSR count). The molecule has 132 valence electrons. The summed E-state index contributed by atoms with van der Waals surface area (Å²) in [7, 11) is 0. The van der Waals surface area contributed by atoms with Gasteiger partial charge in [0.2, 0.25) is 5.91 Å². The topological polar surface area (TPSA) is 94.2 Å². The van der Waals surface area contributed by atoms with Gasteiger partial charge in [0, 0.05) is 17.8 Å². The van der Waals surface area contributed by atoms with E-state index >= 15 is 0 Å². The molecule has 0 aliphatic carbocycles.